The minimum absolute atomic E-state index is 0.0415. The lowest BCUT2D eigenvalue weighted by molar-refractivity contribution is -0.144. The van der Waals surface area contributed by atoms with Crippen molar-refractivity contribution in [3.05, 3.63) is 23.2 Å². The molecule has 0 unspecified atom stereocenters. The molecule has 1 saturated carbocycles. The first kappa shape index (κ1) is 23.6. The van der Waals surface area contributed by atoms with Gasteiger partial charge in [-0.3, -0.25) is 14.5 Å². The number of nitrogens with one attached hydrogen (secondary N) is 1. The van der Waals surface area contributed by atoms with E-state index < -0.39 is 10.0 Å². The van der Waals surface area contributed by atoms with Gasteiger partial charge in [-0.1, -0.05) is 11.6 Å². The van der Waals surface area contributed by atoms with E-state index in [-0.39, 0.29) is 40.4 Å². The highest BCUT2D eigenvalue weighted by Gasteiger charge is 2.26. The lowest BCUT2D eigenvalue weighted by Crippen LogP contribution is -2.35. The molecule has 0 radical (unpaired) electrons. The lowest BCUT2D eigenvalue weighted by atomic mass is 10.2. The number of hydrogen-bond donors (Lipinski definition) is 1. The second-order valence-electron chi connectivity index (χ2n) is 7.21. The molecular weight excluding hydrogens is 418 g/mol. The molecule has 29 heavy (non-hydrogen) atoms. The van der Waals surface area contributed by atoms with Crippen molar-refractivity contribution in [2.24, 2.45) is 5.92 Å². The number of amides is 1. The Labute approximate surface area is 177 Å². The van der Waals surface area contributed by atoms with E-state index in [0.29, 0.717) is 19.1 Å². The molecule has 1 aliphatic rings. The molecule has 0 saturated heterocycles. The quantitative estimate of drug-likeness (QED) is 0.524. The van der Waals surface area contributed by atoms with Crippen LogP contribution in [0.1, 0.15) is 26.2 Å². The second-order valence-corrected chi connectivity index (χ2v) is 9.77. The number of ether oxygens (including phenoxy) is 1. The molecule has 1 fully saturated rings. The summed E-state index contributed by atoms with van der Waals surface area (Å²) in [5.74, 6) is -0.0518. The van der Waals surface area contributed by atoms with Gasteiger partial charge >= 0.3 is 5.97 Å². The molecule has 0 aliphatic heterocycles. The van der Waals surface area contributed by atoms with Gasteiger partial charge in [-0.25, -0.2) is 12.7 Å². The zero-order chi connectivity index (χ0) is 21.6. The van der Waals surface area contributed by atoms with Gasteiger partial charge in [0.15, 0.2) is 0 Å². The van der Waals surface area contributed by atoms with E-state index in [9.17, 15) is 18.0 Å². The molecule has 0 aromatic heterocycles. The molecule has 0 heterocycles. The number of sulfonamides is 1. The number of benzene rings is 1. The van der Waals surface area contributed by atoms with Crippen LogP contribution in [-0.4, -0.2) is 69.8 Å². The first-order valence-corrected chi connectivity index (χ1v) is 11.3. The number of nitrogens with zero attached hydrogens (tertiary/aromatic N) is 2. The highest BCUT2D eigenvalue weighted by atomic mass is 35.5. The number of carbonyl (C=O) groups excluding carboxylic acids is 2. The van der Waals surface area contributed by atoms with Crippen molar-refractivity contribution in [3.8, 4) is 0 Å². The summed E-state index contributed by atoms with van der Waals surface area (Å²) < 4.78 is 30.6. The number of hydrogen-bond acceptors (Lipinski definition) is 6. The van der Waals surface area contributed by atoms with Crippen molar-refractivity contribution in [1.82, 2.24) is 9.21 Å². The highest BCUT2D eigenvalue weighted by molar-refractivity contribution is 7.89. The van der Waals surface area contributed by atoms with Crippen LogP contribution in [0.15, 0.2) is 23.1 Å². The maximum atomic E-state index is 12.4. The van der Waals surface area contributed by atoms with Crippen molar-refractivity contribution in [2.45, 2.75) is 31.1 Å². The van der Waals surface area contributed by atoms with Crippen molar-refractivity contribution in [3.63, 3.8) is 0 Å². The Morgan fingerprint density at radius 3 is 2.55 bits per heavy atom. The van der Waals surface area contributed by atoms with Gasteiger partial charge < -0.3 is 10.1 Å². The van der Waals surface area contributed by atoms with Crippen molar-refractivity contribution >= 4 is 39.2 Å². The summed E-state index contributed by atoms with van der Waals surface area (Å²) >= 11 is 6.12. The predicted octanol–water partition coefficient (Wildman–Crippen LogP) is 2.19. The van der Waals surface area contributed by atoms with Crippen LogP contribution in [-0.2, 0) is 24.3 Å². The third-order valence-electron chi connectivity index (χ3n) is 4.52. The molecule has 1 aliphatic carbocycles. The third kappa shape index (κ3) is 7.26. The fourth-order valence-corrected chi connectivity index (χ4v) is 3.83. The van der Waals surface area contributed by atoms with Gasteiger partial charge in [0.1, 0.15) is 0 Å². The fraction of sp³-hybridized carbons (Fsp3) is 0.579. The summed E-state index contributed by atoms with van der Waals surface area (Å²) in [5, 5.41) is 2.92. The molecule has 0 spiro atoms. The topological polar surface area (TPSA) is 96.0 Å². The first-order valence-electron chi connectivity index (χ1n) is 9.53. The van der Waals surface area contributed by atoms with E-state index in [2.05, 4.69) is 5.32 Å². The Morgan fingerprint density at radius 2 is 1.97 bits per heavy atom. The molecule has 1 aromatic rings. The van der Waals surface area contributed by atoms with E-state index in [4.69, 9.17) is 16.3 Å². The Morgan fingerprint density at radius 1 is 1.28 bits per heavy atom. The van der Waals surface area contributed by atoms with Gasteiger partial charge in [0.05, 0.1) is 28.8 Å². The number of anilines is 1. The summed E-state index contributed by atoms with van der Waals surface area (Å²) in [6, 6.07) is 4.17. The Hall–Kier alpha value is -1.68. The summed E-state index contributed by atoms with van der Waals surface area (Å²) in [4.78, 5) is 26.1. The first-order chi connectivity index (χ1) is 13.6. The van der Waals surface area contributed by atoms with Gasteiger partial charge in [-0.2, -0.15) is 0 Å². The average molecular weight is 446 g/mol. The normalized spacial score (nSPS) is 14.3. The Balaban J connectivity index is 1.99. The third-order valence-corrected chi connectivity index (χ3v) is 6.66. The van der Waals surface area contributed by atoms with E-state index in [1.54, 1.807) is 6.92 Å². The Bertz CT molecular complexity index is 840. The van der Waals surface area contributed by atoms with Crippen LogP contribution < -0.4 is 5.32 Å². The molecule has 10 heteroatoms. The molecular formula is C19H28ClN3O5S. The molecule has 8 nitrogen and oxygen atoms in total. The number of halogens is 1. The predicted molar refractivity (Wildman–Crippen MR) is 111 cm³/mol. The average Bonchev–Trinajstić information content (AvgIpc) is 3.45. The van der Waals surface area contributed by atoms with Crippen LogP contribution in [0.2, 0.25) is 5.02 Å². The van der Waals surface area contributed by atoms with E-state index >= 15 is 0 Å². The van der Waals surface area contributed by atoms with Gasteiger partial charge in [0, 0.05) is 33.6 Å². The second kappa shape index (κ2) is 10.4. The summed E-state index contributed by atoms with van der Waals surface area (Å²) in [7, 11) is -0.778. The number of carbonyl (C=O) groups is 2. The standard InChI is InChI=1S/C19H28ClN3O5S/c1-4-28-19(25)13-23(12-14-5-6-14)10-9-18(24)21-17-11-15(7-8-16(17)20)29(26,27)22(2)3/h7-8,11,14H,4-6,9-10,12-13H2,1-3H3,(H,21,24). The summed E-state index contributed by atoms with van der Waals surface area (Å²) in [6.07, 6.45) is 2.41. The van der Waals surface area contributed by atoms with Crippen LogP contribution in [0.3, 0.4) is 0 Å². The number of rotatable bonds is 11. The minimum Gasteiger partial charge on any atom is -0.465 e. The van der Waals surface area contributed by atoms with Crippen LogP contribution in [0.25, 0.3) is 0 Å². The zero-order valence-corrected chi connectivity index (χ0v) is 18.6. The van der Waals surface area contributed by atoms with Gasteiger partial charge in [0.25, 0.3) is 0 Å². The minimum atomic E-state index is -3.64. The van der Waals surface area contributed by atoms with E-state index in [0.717, 1.165) is 23.7 Å². The maximum Gasteiger partial charge on any atom is 0.320 e. The molecule has 1 amide bonds. The van der Waals surface area contributed by atoms with E-state index in [1.807, 2.05) is 4.90 Å². The van der Waals surface area contributed by atoms with Crippen molar-refractivity contribution < 1.29 is 22.7 Å². The molecule has 0 bridgehead atoms. The van der Waals surface area contributed by atoms with E-state index in [1.165, 1.54) is 32.3 Å². The zero-order valence-electron chi connectivity index (χ0n) is 17.0. The Kier molecular flexibility index (Phi) is 8.45. The molecule has 1 aromatic carbocycles. The van der Waals surface area contributed by atoms with Crippen LogP contribution in [0.5, 0.6) is 0 Å². The lowest BCUT2D eigenvalue weighted by Gasteiger charge is -2.21. The van der Waals surface area contributed by atoms with Crippen LogP contribution in [0.4, 0.5) is 5.69 Å². The molecule has 1 N–H and O–H groups in total. The smallest absolute Gasteiger partial charge is 0.320 e. The monoisotopic (exact) mass is 445 g/mol. The highest BCUT2D eigenvalue weighted by Crippen LogP contribution is 2.30. The fourth-order valence-electron chi connectivity index (χ4n) is 2.73. The van der Waals surface area contributed by atoms with Gasteiger partial charge in [0.2, 0.25) is 15.9 Å². The molecule has 0 atom stereocenters. The van der Waals surface area contributed by atoms with Crippen LogP contribution >= 0.6 is 11.6 Å². The summed E-state index contributed by atoms with van der Waals surface area (Å²) in [5.41, 5.74) is 0.235. The SMILES string of the molecule is CCOC(=O)CN(CCC(=O)Nc1cc(S(=O)(=O)N(C)C)ccc1Cl)CC1CC1. The largest absolute Gasteiger partial charge is 0.465 e. The van der Waals surface area contributed by atoms with Crippen LogP contribution in [0, 0.1) is 5.92 Å². The van der Waals surface area contributed by atoms with Gasteiger partial charge in [-0.05, 0) is 43.9 Å². The number of esters is 1. The van der Waals surface area contributed by atoms with Gasteiger partial charge in [-0.15, -0.1) is 0 Å². The van der Waals surface area contributed by atoms with Crippen molar-refractivity contribution in [1.29, 1.82) is 0 Å². The molecule has 162 valence electrons. The maximum absolute atomic E-state index is 12.4. The van der Waals surface area contributed by atoms with Crippen molar-refractivity contribution in [2.75, 3.05) is 45.7 Å². The molecule has 2 rings (SSSR count). The summed E-state index contributed by atoms with van der Waals surface area (Å²) in [6.45, 7) is 3.37.